The second kappa shape index (κ2) is 4.59. The van der Waals surface area contributed by atoms with E-state index in [1.54, 1.807) is 0 Å². The number of carboxylic acid groups (broad SMARTS) is 1. The average Bonchev–Trinajstić information content (AvgIpc) is 1.88. The molecule has 0 aliphatic rings. The number of benzene rings is 1. The van der Waals surface area contributed by atoms with Gasteiger partial charge in [0.2, 0.25) is 0 Å². The summed E-state index contributed by atoms with van der Waals surface area (Å²) < 4.78 is 0. The minimum absolute atomic E-state index is 0. The minimum atomic E-state index is -1.14. The van der Waals surface area contributed by atoms with Crippen molar-refractivity contribution < 1.29 is 52.7 Å². The second-order valence-corrected chi connectivity index (χ2v) is 1.75. The molecule has 0 unspecified atom stereocenters. The molecule has 1 aromatic carbocycles. The number of aromatic carboxylic acids is 1. The number of phenols is 1. The zero-order chi connectivity index (χ0) is 7.56. The minimum Gasteiger partial charge on any atom is -0.533 e. The van der Waals surface area contributed by atoms with Gasteiger partial charge in [-0.2, -0.15) is 18.2 Å². The smallest absolute Gasteiger partial charge is 0.282 e. The van der Waals surface area contributed by atoms with Gasteiger partial charge in [0, 0.05) is 43.5 Å². The normalized spacial score (nSPS) is 8.36. The van der Waals surface area contributed by atoms with Crippen LogP contribution >= 0.6 is 0 Å². The van der Waals surface area contributed by atoms with Crippen LogP contribution in [-0.2, 0) is 0 Å². The van der Waals surface area contributed by atoms with Crippen LogP contribution in [0, 0.1) is 43.8 Å². The van der Waals surface area contributed by atoms with Crippen molar-refractivity contribution in [2.24, 2.45) is 0 Å². The van der Waals surface area contributed by atoms with E-state index in [1.165, 1.54) is 18.2 Å². The fourth-order valence-corrected chi connectivity index (χ4v) is 0.594. The van der Waals surface area contributed by atoms with Crippen molar-refractivity contribution in [2.75, 3.05) is 0 Å². The Hall–Kier alpha value is -0.250. The third-order valence-electron chi connectivity index (χ3n) is 1.07. The average molecular weight is 302 g/mol. The van der Waals surface area contributed by atoms with Gasteiger partial charge in [-0.1, -0.05) is 0 Å². The van der Waals surface area contributed by atoms with Gasteiger partial charge < -0.3 is 10.2 Å². The standard InChI is InChI=1S/C7H5O3.Ho/c8-6-4-2-1-3-5(6)7(9)10;/h2-4,8H,(H,9,10);/q-1;. The Morgan fingerprint density at radius 2 is 2.18 bits per heavy atom. The molecule has 1 aromatic rings. The summed E-state index contributed by atoms with van der Waals surface area (Å²) in [5.41, 5.74) is -0.123. The second-order valence-electron chi connectivity index (χ2n) is 1.75. The number of carboxylic acids is 1. The Morgan fingerprint density at radius 3 is 2.55 bits per heavy atom. The Balaban J connectivity index is 0.000001000. The van der Waals surface area contributed by atoms with Crippen LogP contribution < -0.4 is 0 Å². The molecule has 0 heterocycles. The predicted molar refractivity (Wildman–Crippen MR) is 33.9 cm³/mol. The largest absolute Gasteiger partial charge is 0.533 e. The molecular formula is C7H5HoO3-. The molecule has 0 amide bonds. The molecule has 0 atom stereocenters. The van der Waals surface area contributed by atoms with Gasteiger partial charge >= 0.3 is 0 Å². The van der Waals surface area contributed by atoms with Gasteiger partial charge in [-0.3, -0.25) is 4.79 Å². The summed E-state index contributed by atoms with van der Waals surface area (Å²) in [7, 11) is 0. The van der Waals surface area contributed by atoms with Gasteiger partial charge in [0.25, 0.3) is 5.97 Å². The molecule has 0 fully saturated rings. The Morgan fingerprint density at radius 1 is 1.55 bits per heavy atom. The zero-order valence-corrected chi connectivity index (χ0v) is 7.27. The van der Waals surface area contributed by atoms with E-state index >= 15 is 0 Å². The van der Waals surface area contributed by atoms with Gasteiger partial charge in [0.15, 0.2) is 0 Å². The van der Waals surface area contributed by atoms with Crippen molar-refractivity contribution in [3.63, 3.8) is 0 Å². The van der Waals surface area contributed by atoms with Crippen molar-refractivity contribution in [1.82, 2.24) is 0 Å². The van der Waals surface area contributed by atoms with E-state index in [0.717, 1.165) is 0 Å². The van der Waals surface area contributed by atoms with Crippen LogP contribution in [0.15, 0.2) is 18.2 Å². The topological polar surface area (TPSA) is 57.5 Å². The summed E-state index contributed by atoms with van der Waals surface area (Å²) in [6.45, 7) is 0. The molecule has 11 heavy (non-hydrogen) atoms. The first-order chi connectivity index (χ1) is 4.72. The van der Waals surface area contributed by atoms with Crippen LogP contribution in [0.5, 0.6) is 5.75 Å². The summed E-state index contributed by atoms with van der Waals surface area (Å²) >= 11 is 0. The molecule has 2 N–H and O–H groups in total. The van der Waals surface area contributed by atoms with Gasteiger partial charge in [0.05, 0.1) is 0 Å². The fourth-order valence-electron chi connectivity index (χ4n) is 0.594. The fraction of sp³-hybridized carbons (Fsp3) is 0. The molecule has 0 saturated heterocycles. The Kier molecular flexibility index (Phi) is 4.49. The molecule has 0 saturated carbocycles. The number of hydrogen-bond donors (Lipinski definition) is 2. The van der Waals surface area contributed by atoms with E-state index < -0.39 is 5.97 Å². The van der Waals surface area contributed by atoms with Crippen molar-refractivity contribution in [3.05, 3.63) is 29.8 Å². The van der Waals surface area contributed by atoms with Crippen LogP contribution in [0.4, 0.5) is 0 Å². The summed E-state index contributed by atoms with van der Waals surface area (Å²) in [5.74, 6) is -1.37. The predicted octanol–water partition coefficient (Wildman–Crippen LogP) is 0.891. The molecule has 0 aliphatic carbocycles. The number of aromatic hydroxyl groups is 1. The summed E-state index contributed by atoms with van der Waals surface area (Å²) in [4.78, 5) is 10.2. The summed E-state index contributed by atoms with van der Waals surface area (Å²) in [6, 6.07) is 6.49. The maximum Gasteiger partial charge on any atom is 0.282 e. The van der Waals surface area contributed by atoms with Crippen molar-refractivity contribution in [3.8, 4) is 5.75 Å². The Bertz CT molecular complexity index is 260. The maximum absolute atomic E-state index is 10.2. The first-order valence-corrected chi connectivity index (χ1v) is 2.64. The van der Waals surface area contributed by atoms with E-state index in [4.69, 9.17) is 10.2 Å². The third kappa shape index (κ3) is 2.69. The van der Waals surface area contributed by atoms with Gasteiger partial charge in [0.1, 0.15) is 0 Å². The molecule has 1 rings (SSSR count). The van der Waals surface area contributed by atoms with Crippen molar-refractivity contribution in [2.45, 2.75) is 0 Å². The van der Waals surface area contributed by atoms with Crippen LogP contribution in [0.2, 0.25) is 0 Å². The zero-order valence-electron chi connectivity index (χ0n) is 5.34. The maximum atomic E-state index is 10.2. The molecule has 1 radical (unpaired) electrons. The first kappa shape index (κ1) is 10.7. The molecule has 0 bridgehead atoms. The van der Waals surface area contributed by atoms with Gasteiger partial charge in [-0.15, -0.1) is 6.07 Å². The number of carbonyl (C=O) groups is 1. The molecule has 0 aromatic heterocycles. The van der Waals surface area contributed by atoms with E-state index in [1.807, 2.05) is 0 Å². The van der Waals surface area contributed by atoms with Crippen LogP contribution in [0.1, 0.15) is 10.4 Å². The molecular weight excluding hydrogens is 297 g/mol. The van der Waals surface area contributed by atoms with E-state index in [9.17, 15) is 4.79 Å². The van der Waals surface area contributed by atoms with E-state index in [2.05, 4.69) is 6.07 Å². The molecule has 3 nitrogen and oxygen atoms in total. The molecule has 0 spiro atoms. The van der Waals surface area contributed by atoms with E-state index in [0.29, 0.717) is 0 Å². The molecule has 4 heteroatoms. The monoisotopic (exact) mass is 302 g/mol. The summed E-state index contributed by atoms with van der Waals surface area (Å²) in [6.07, 6.45) is 0. The van der Waals surface area contributed by atoms with Crippen molar-refractivity contribution in [1.29, 1.82) is 0 Å². The number of hydrogen-bond acceptors (Lipinski definition) is 2. The van der Waals surface area contributed by atoms with E-state index in [-0.39, 0.29) is 49.1 Å². The van der Waals surface area contributed by atoms with Crippen LogP contribution in [0.3, 0.4) is 0 Å². The quantitative estimate of drug-likeness (QED) is 0.598. The van der Waals surface area contributed by atoms with Gasteiger partial charge in [-0.25, -0.2) is 0 Å². The number of rotatable bonds is 1. The van der Waals surface area contributed by atoms with Crippen molar-refractivity contribution >= 4 is 5.97 Å². The third-order valence-corrected chi connectivity index (χ3v) is 1.07. The Labute approximate surface area is 93.7 Å². The van der Waals surface area contributed by atoms with Crippen LogP contribution in [0.25, 0.3) is 0 Å². The first-order valence-electron chi connectivity index (χ1n) is 2.64. The van der Waals surface area contributed by atoms with Crippen LogP contribution in [-0.4, -0.2) is 16.2 Å². The molecule has 0 aliphatic heterocycles. The van der Waals surface area contributed by atoms with Gasteiger partial charge in [-0.05, 0) is 5.56 Å². The SMILES string of the molecule is O=C(O)c1c[c-]ccc1O.[Ho]. The summed E-state index contributed by atoms with van der Waals surface area (Å²) in [5, 5.41) is 17.3. The molecule has 63 valence electrons.